The third-order valence-electron chi connectivity index (χ3n) is 6.40. The molecule has 5 aromatic rings. The molecule has 0 aliphatic carbocycles. The van der Waals surface area contributed by atoms with E-state index in [1.807, 2.05) is 12.3 Å². The van der Waals surface area contributed by atoms with E-state index >= 15 is 0 Å². The summed E-state index contributed by atoms with van der Waals surface area (Å²) in [5.41, 5.74) is 3.82. The molecule has 0 bridgehead atoms. The van der Waals surface area contributed by atoms with E-state index in [9.17, 15) is 0 Å². The molecule has 2 aromatic heterocycles. The fourth-order valence-corrected chi connectivity index (χ4v) is 9.32. The summed E-state index contributed by atoms with van der Waals surface area (Å²) in [6.07, 6.45) is 4.32. The molecule has 0 spiro atoms. The van der Waals surface area contributed by atoms with Crippen LogP contribution in [0.5, 0.6) is 0 Å². The summed E-state index contributed by atoms with van der Waals surface area (Å²) in [6.45, 7) is 4.54. The molecule has 3 heterocycles. The van der Waals surface area contributed by atoms with Gasteiger partial charge in [-0.05, 0) is 0 Å². The van der Waals surface area contributed by atoms with Gasteiger partial charge in [0.15, 0.2) is 0 Å². The van der Waals surface area contributed by atoms with Gasteiger partial charge in [0.1, 0.15) is 0 Å². The van der Waals surface area contributed by atoms with Gasteiger partial charge in [0, 0.05) is 0 Å². The van der Waals surface area contributed by atoms with E-state index in [0.29, 0.717) is 0 Å². The van der Waals surface area contributed by atoms with Crippen molar-refractivity contribution >= 4 is 72.5 Å². The predicted octanol–water partition coefficient (Wildman–Crippen LogP) is 7.80. The second-order valence-electron chi connectivity index (χ2n) is 9.44. The first-order valence-electron chi connectivity index (χ1n) is 10.9. The van der Waals surface area contributed by atoms with Gasteiger partial charge in [0.2, 0.25) is 0 Å². The molecule has 0 N–H and O–H groups in total. The van der Waals surface area contributed by atoms with Crippen molar-refractivity contribution in [2.75, 3.05) is 0 Å². The monoisotopic (exact) mass is 494 g/mol. The second kappa shape index (κ2) is 7.06. The fraction of sp³-hybridized carbons (Fsp3) is 0.107. The Bertz CT molecular complexity index is 1590. The molecule has 0 saturated carbocycles. The Kier molecular flexibility index (Phi) is 4.36. The van der Waals surface area contributed by atoms with E-state index in [0.717, 1.165) is 4.83 Å². The Labute approximate surface area is 194 Å². The summed E-state index contributed by atoms with van der Waals surface area (Å²) in [5, 5.41) is 5.12. The number of aromatic nitrogens is 1. The summed E-state index contributed by atoms with van der Waals surface area (Å²) in [7, 11) is 0. The Morgan fingerprint density at radius 1 is 0.906 bits per heavy atom. The fourth-order valence-electron chi connectivity index (χ4n) is 4.83. The van der Waals surface area contributed by atoms with Gasteiger partial charge in [-0.15, -0.1) is 0 Å². The molecule has 0 saturated heterocycles. The molecule has 1 aliphatic heterocycles. The summed E-state index contributed by atoms with van der Waals surface area (Å²) in [5.74, 6) is 7.45. The van der Waals surface area contributed by atoms with Gasteiger partial charge in [-0.25, -0.2) is 0 Å². The number of hydrogen-bond acceptors (Lipinski definition) is 1. The third-order valence-corrected chi connectivity index (χ3v) is 11.8. The van der Waals surface area contributed by atoms with Crippen LogP contribution >= 0.6 is 11.3 Å². The van der Waals surface area contributed by atoms with Crippen LogP contribution in [-0.4, -0.2) is 29.5 Å². The summed E-state index contributed by atoms with van der Waals surface area (Å²) >= 11 is -0.449. The van der Waals surface area contributed by atoms with Crippen LogP contribution in [0, 0.1) is 6.04 Å². The van der Waals surface area contributed by atoms with Crippen molar-refractivity contribution in [2.45, 2.75) is 17.3 Å². The number of fused-ring (bicyclic) bond motifs is 6. The molecule has 0 amide bonds. The Morgan fingerprint density at radius 2 is 1.72 bits per heavy atom. The molecule has 1 aliphatic rings. The third kappa shape index (κ3) is 2.88. The van der Waals surface area contributed by atoms with Crippen LogP contribution in [-0.2, 0) is 0 Å². The van der Waals surface area contributed by atoms with Crippen molar-refractivity contribution in [3.63, 3.8) is 0 Å². The van der Waals surface area contributed by atoms with Crippen molar-refractivity contribution < 1.29 is 4.58 Å². The molecule has 2 nitrogen and oxygen atoms in total. The zero-order valence-electron chi connectivity index (χ0n) is 18.5. The van der Waals surface area contributed by atoms with E-state index in [1.165, 1.54) is 53.5 Å². The van der Waals surface area contributed by atoms with Crippen LogP contribution in [0.2, 0.25) is 17.3 Å². The zero-order valence-corrected chi connectivity index (χ0v) is 21.4. The van der Waals surface area contributed by atoms with Crippen molar-refractivity contribution in [3.05, 3.63) is 96.2 Å². The SMILES string of the molecule is C=[N+]1c2ccc3ccccc3c2[C]([Ge]([CH3])([CH3])[CH3])=C[C-]1c1cccc2c3cccnc3[s+][c-]12. The first-order chi connectivity index (χ1) is 15.4. The minimum atomic E-state index is -2.23. The molecule has 156 valence electrons. The molecular formula is C28H24GeN2S. The molecule has 0 atom stereocenters. The normalized spacial score (nSPS) is 14.3. The van der Waals surface area contributed by atoms with Gasteiger partial charge in [-0.3, -0.25) is 0 Å². The molecule has 6 rings (SSSR count). The maximum atomic E-state index is 4.62. The first-order valence-corrected chi connectivity index (χ1v) is 19.1. The van der Waals surface area contributed by atoms with Crippen molar-refractivity contribution in [1.29, 1.82) is 0 Å². The van der Waals surface area contributed by atoms with Crippen LogP contribution < -0.4 is 0 Å². The van der Waals surface area contributed by atoms with Crippen LogP contribution in [0.3, 0.4) is 0 Å². The number of thiophene rings is 1. The summed E-state index contributed by atoms with van der Waals surface area (Å²) < 4.78 is 4.96. The second-order valence-corrected chi connectivity index (χ2v) is 21.0. The number of rotatable bonds is 2. The Hall–Kier alpha value is -2.89. The average Bonchev–Trinajstić information content (AvgIpc) is 3.17. The van der Waals surface area contributed by atoms with Crippen LogP contribution in [0.1, 0.15) is 11.1 Å². The van der Waals surface area contributed by atoms with Crippen molar-refractivity contribution in [2.24, 2.45) is 0 Å². The maximum absolute atomic E-state index is 4.62. The van der Waals surface area contributed by atoms with Gasteiger partial charge in [-0.1, -0.05) is 0 Å². The summed E-state index contributed by atoms with van der Waals surface area (Å²) in [6, 6.07) is 25.2. The van der Waals surface area contributed by atoms with Crippen LogP contribution in [0.25, 0.3) is 35.5 Å². The van der Waals surface area contributed by atoms with Crippen LogP contribution in [0.4, 0.5) is 5.69 Å². The van der Waals surface area contributed by atoms with E-state index in [4.69, 9.17) is 0 Å². The van der Waals surface area contributed by atoms with E-state index in [2.05, 4.69) is 100 Å². The van der Waals surface area contributed by atoms with Gasteiger partial charge >= 0.3 is 195 Å². The molecule has 0 fully saturated rings. The van der Waals surface area contributed by atoms with Gasteiger partial charge in [-0.2, -0.15) is 0 Å². The van der Waals surface area contributed by atoms with E-state index in [-0.39, 0.29) is 0 Å². The topological polar surface area (TPSA) is 15.9 Å². The standard InChI is InChI=1S/C28H24GeN2S/c1-29(2,3)23-17-25(31(4)24-15-14-18-9-5-6-10-19(18)26(23)24)22-12-7-11-20-21-13-8-16-30-28(21)32-27(20)22/h5-17H,4H2,1-3H3. The molecule has 0 radical (unpaired) electrons. The molecule has 0 unspecified atom stereocenters. The van der Waals surface area contributed by atoms with Crippen molar-refractivity contribution in [3.8, 4) is 0 Å². The van der Waals surface area contributed by atoms with E-state index in [1.54, 1.807) is 11.3 Å². The number of benzene rings is 3. The Morgan fingerprint density at radius 3 is 2.56 bits per heavy atom. The average molecular weight is 493 g/mol. The van der Waals surface area contributed by atoms with Gasteiger partial charge < -0.3 is 0 Å². The number of pyridine rings is 1. The van der Waals surface area contributed by atoms with Crippen molar-refractivity contribution in [1.82, 2.24) is 4.98 Å². The molecule has 3 aromatic carbocycles. The predicted molar refractivity (Wildman–Crippen MR) is 142 cm³/mol. The molecule has 4 heteroatoms. The van der Waals surface area contributed by atoms with Gasteiger partial charge in [0.05, 0.1) is 0 Å². The van der Waals surface area contributed by atoms with E-state index < -0.39 is 13.3 Å². The van der Waals surface area contributed by atoms with Gasteiger partial charge in [0.25, 0.3) is 0 Å². The summed E-state index contributed by atoms with van der Waals surface area (Å²) in [4.78, 5) is 5.71. The minimum absolute atomic E-state index is 1.09. The zero-order chi connectivity index (χ0) is 22.0. The number of nitrogens with zero attached hydrogens (tertiary/aromatic N) is 2. The molecule has 32 heavy (non-hydrogen) atoms. The number of hydrogen-bond donors (Lipinski definition) is 0. The quantitative estimate of drug-likeness (QED) is 0.106. The Balaban J connectivity index is 1.65. The first kappa shape index (κ1) is 19.8. The molecular weight excluding hydrogens is 469 g/mol. The van der Waals surface area contributed by atoms with Crippen LogP contribution in [0.15, 0.2) is 79.0 Å².